The Morgan fingerprint density at radius 1 is 1.50 bits per heavy atom. The number of benzene rings is 1. The van der Waals surface area contributed by atoms with Gasteiger partial charge in [-0.1, -0.05) is 28.1 Å². The molecule has 66 valence electrons. The van der Waals surface area contributed by atoms with Crippen molar-refractivity contribution in [1.82, 2.24) is 0 Å². The van der Waals surface area contributed by atoms with E-state index in [0.717, 1.165) is 10.9 Å². The van der Waals surface area contributed by atoms with Crippen molar-refractivity contribution in [2.75, 3.05) is 0 Å². The van der Waals surface area contributed by atoms with E-state index in [1.165, 1.54) is 11.1 Å². The fraction of sp³-hybridized carbons (Fsp3) is 0.400. The summed E-state index contributed by atoms with van der Waals surface area (Å²) in [7, 11) is 0. The number of hydrogen-bond donors (Lipinski definition) is 1. The molecule has 1 aromatic rings. The minimum absolute atomic E-state index is 0.264. The molecule has 0 aliphatic carbocycles. The Morgan fingerprint density at radius 2 is 2.17 bits per heavy atom. The normalized spacial score (nSPS) is 13.0. The molecule has 2 heteroatoms. The second-order valence-corrected chi connectivity index (χ2v) is 3.99. The molecular formula is C10H13BrO. The van der Waals surface area contributed by atoms with Crippen LogP contribution in [0.25, 0.3) is 0 Å². The van der Waals surface area contributed by atoms with E-state index in [2.05, 4.69) is 35.0 Å². The molecular weight excluding hydrogens is 216 g/mol. The first-order valence-electron chi connectivity index (χ1n) is 4.02. The fourth-order valence-corrected chi connectivity index (χ4v) is 1.53. The molecule has 0 unspecified atom stereocenters. The van der Waals surface area contributed by atoms with Gasteiger partial charge in [-0.05, 0) is 37.5 Å². The van der Waals surface area contributed by atoms with Crippen molar-refractivity contribution in [2.24, 2.45) is 0 Å². The maximum Gasteiger partial charge on any atom is 0.0552 e. The van der Waals surface area contributed by atoms with Gasteiger partial charge in [0.2, 0.25) is 0 Å². The van der Waals surface area contributed by atoms with E-state index in [1.54, 1.807) is 6.92 Å². The molecule has 0 heterocycles. The van der Waals surface area contributed by atoms with Crippen LogP contribution < -0.4 is 0 Å². The Balaban J connectivity index is 2.82. The van der Waals surface area contributed by atoms with Gasteiger partial charge in [-0.2, -0.15) is 0 Å². The van der Waals surface area contributed by atoms with E-state index in [-0.39, 0.29) is 6.10 Å². The van der Waals surface area contributed by atoms with Gasteiger partial charge < -0.3 is 5.11 Å². The largest absolute Gasteiger partial charge is 0.393 e. The van der Waals surface area contributed by atoms with Crippen LogP contribution in [0, 0.1) is 6.92 Å². The van der Waals surface area contributed by atoms with Gasteiger partial charge in [0.15, 0.2) is 0 Å². The summed E-state index contributed by atoms with van der Waals surface area (Å²) in [5.74, 6) is 0. The van der Waals surface area contributed by atoms with Crippen LogP contribution in [0.5, 0.6) is 0 Å². The van der Waals surface area contributed by atoms with Crippen molar-refractivity contribution in [2.45, 2.75) is 26.4 Å². The molecule has 0 fully saturated rings. The SMILES string of the molecule is Cc1ccc(C[C@H](C)O)cc1Br. The number of aliphatic hydroxyl groups is 1. The summed E-state index contributed by atoms with van der Waals surface area (Å²) >= 11 is 3.45. The summed E-state index contributed by atoms with van der Waals surface area (Å²) < 4.78 is 1.11. The summed E-state index contributed by atoms with van der Waals surface area (Å²) in [5.41, 5.74) is 2.40. The van der Waals surface area contributed by atoms with Crippen molar-refractivity contribution in [3.63, 3.8) is 0 Å². The Kier molecular flexibility index (Phi) is 3.29. The molecule has 1 rings (SSSR count). The van der Waals surface area contributed by atoms with Crippen LogP contribution in [0.1, 0.15) is 18.1 Å². The highest BCUT2D eigenvalue weighted by Crippen LogP contribution is 2.18. The minimum Gasteiger partial charge on any atom is -0.393 e. The van der Waals surface area contributed by atoms with Crippen LogP contribution >= 0.6 is 15.9 Å². The molecule has 1 aromatic carbocycles. The van der Waals surface area contributed by atoms with Gasteiger partial charge in [-0.3, -0.25) is 0 Å². The average Bonchev–Trinajstić information content (AvgIpc) is 1.96. The lowest BCUT2D eigenvalue weighted by Gasteiger charge is -2.05. The van der Waals surface area contributed by atoms with Crippen molar-refractivity contribution < 1.29 is 5.11 Å². The summed E-state index contributed by atoms with van der Waals surface area (Å²) in [5, 5.41) is 9.15. The molecule has 0 spiro atoms. The predicted octanol–water partition coefficient (Wildman–Crippen LogP) is 2.68. The number of hydrogen-bond acceptors (Lipinski definition) is 1. The van der Waals surface area contributed by atoms with Crippen molar-refractivity contribution >= 4 is 15.9 Å². The highest BCUT2D eigenvalue weighted by atomic mass is 79.9. The summed E-state index contributed by atoms with van der Waals surface area (Å²) in [6.45, 7) is 3.85. The van der Waals surface area contributed by atoms with Crippen LogP contribution in [0.3, 0.4) is 0 Å². The van der Waals surface area contributed by atoms with Gasteiger partial charge >= 0.3 is 0 Å². The molecule has 1 N–H and O–H groups in total. The number of aryl methyl sites for hydroxylation is 1. The van der Waals surface area contributed by atoms with E-state index < -0.39 is 0 Å². The first-order valence-corrected chi connectivity index (χ1v) is 4.82. The summed E-state index contributed by atoms with van der Waals surface area (Å²) in [4.78, 5) is 0. The predicted molar refractivity (Wildman–Crippen MR) is 54.3 cm³/mol. The van der Waals surface area contributed by atoms with Crippen molar-refractivity contribution in [1.29, 1.82) is 0 Å². The first kappa shape index (κ1) is 9.75. The monoisotopic (exact) mass is 228 g/mol. The molecule has 0 amide bonds. The van der Waals surface area contributed by atoms with Gasteiger partial charge in [0.1, 0.15) is 0 Å². The molecule has 12 heavy (non-hydrogen) atoms. The zero-order valence-corrected chi connectivity index (χ0v) is 8.93. The van der Waals surface area contributed by atoms with E-state index in [4.69, 9.17) is 5.11 Å². The molecule has 0 aliphatic heterocycles. The van der Waals surface area contributed by atoms with Crippen LogP contribution in [-0.2, 0) is 6.42 Å². The zero-order chi connectivity index (χ0) is 9.14. The van der Waals surface area contributed by atoms with Gasteiger partial charge in [0, 0.05) is 4.47 Å². The number of halogens is 1. The molecule has 0 bridgehead atoms. The second-order valence-electron chi connectivity index (χ2n) is 3.14. The lowest BCUT2D eigenvalue weighted by atomic mass is 10.1. The minimum atomic E-state index is -0.264. The molecule has 0 saturated carbocycles. The third-order valence-corrected chi connectivity index (χ3v) is 2.62. The highest BCUT2D eigenvalue weighted by molar-refractivity contribution is 9.10. The lowest BCUT2D eigenvalue weighted by Crippen LogP contribution is -2.03. The third-order valence-electron chi connectivity index (χ3n) is 1.77. The van der Waals surface area contributed by atoms with Crippen LogP contribution in [-0.4, -0.2) is 11.2 Å². The average molecular weight is 229 g/mol. The van der Waals surface area contributed by atoms with Crippen LogP contribution in [0.4, 0.5) is 0 Å². The summed E-state index contributed by atoms with van der Waals surface area (Å²) in [6, 6.07) is 6.16. The second kappa shape index (κ2) is 4.06. The zero-order valence-electron chi connectivity index (χ0n) is 7.34. The van der Waals surface area contributed by atoms with Crippen molar-refractivity contribution in [3.8, 4) is 0 Å². The highest BCUT2D eigenvalue weighted by Gasteiger charge is 2.00. The smallest absolute Gasteiger partial charge is 0.0552 e. The maximum atomic E-state index is 9.15. The van der Waals surface area contributed by atoms with Gasteiger partial charge in [-0.25, -0.2) is 0 Å². The summed E-state index contributed by atoms with van der Waals surface area (Å²) in [6.07, 6.45) is 0.457. The van der Waals surface area contributed by atoms with Crippen LogP contribution in [0.2, 0.25) is 0 Å². The fourth-order valence-electron chi connectivity index (χ4n) is 1.10. The number of aliphatic hydroxyl groups excluding tert-OH is 1. The molecule has 0 aliphatic rings. The van der Waals surface area contributed by atoms with Crippen molar-refractivity contribution in [3.05, 3.63) is 33.8 Å². The molecule has 0 radical (unpaired) electrons. The van der Waals surface area contributed by atoms with E-state index in [1.807, 2.05) is 6.07 Å². The first-order chi connectivity index (χ1) is 5.59. The Morgan fingerprint density at radius 3 is 2.67 bits per heavy atom. The van der Waals surface area contributed by atoms with Gasteiger partial charge in [0.25, 0.3) is 0 Å². The van der Waals surface area contributed by atoms with E-state index in [9.17, 15) is 0 Å². The Hall–Kier alpha value is -0.340. The maximum absolute atomic E-state index is 9.15. The van der Waals surface area contributed by atoms with Gasteiger partial charge in [0.05, 0.1) is 6.10 Å². The standard InChI is InChI=1S/C10H13BrO/c1-7-3-4-9(5-8(2)12)6-10(7)11/h3-4,6,8,12H,5H2,1-2H3/t8-/m0/s1. The quantitative estimate of drug-likeness (QED) is 0.826. The molecule has 1 nitrogen and oxygen atoms in total. The number of rotatable bonds is 2. The molecule has 0 aromatic heterocycles. The lowest BCUT2D eigenvalue weighted by molar-refractivity contribution is 0.195. The molecule has 0 saturated heterocycles. The topological polar surface area (TPSA) is 20.2 Å². The Labute approximate surface area is 81.6 Å². The van der Waals surface area contributed by atoms with E-state index in [0.29, 0.717) is 0 Å². The van der Waals surface area contributed by atoms with E-state index >= 15 is 0 Å². The van der Waals surface area contributed by atoms with Crippen LogP contribution in [0.15, 0.2) is 22.7 Å². The molecule has 1 atom stereocenters. The van der Waals surface area contributed by atoms with Gasteiger partial charge in [-0.15, -0.1) is 0 Å². The third kappa shape index (κ3) is 2.61. The Bertz CT molecular complexity index is 269.